The van der Waals surface area contributed by atoms with Crippen LogP contribution < -0.4 is 11.1 Å². The number of nitrogen functional groups attached to an aromatic ring is 1. The van der Waals surface area contributed by atoms with Crippen molar-refractivity contribution in [1.29, 1.82) is 0 Å². The Morgan fingerprint density at radius 2 is 2.28 bits per heavy atom. The van der Waals surface area contributed by atoms with E-state index in [2.05, 4.69) is 15.3 Å². The molecule has 0 saturated heterocycles. The van der Waals surface area contributed by atoms with Crippen LogP contribution in [0.15, 0.2) is 18.6 Å². The lowest BCUT2D eigenvalue weighted by atomic mass is 10.3. The Morgan fingerprint density at radius 1 is 1.56 bits per heavy atom. The number of carbonyl (C=O) groups excluding carboxylic acids is 1. The maximum absolute atomic E-state index is 11.8. The molecule has 0 aliphatic rings. The van der Waals surface area contributed by atoms with Crippen molar-refractivity contribution in [3.8, 4) is 0 Å². The zero-order valence-electron chi connectivity index (χ0n) is 10.6. The van der Waals surface area contributed by atoms with Gasteiger partial charge in [0.2, 0.25) is 5.91 Å². The van der Waals surface area contributed by atoms with E-state index in [-0.39, 0.29) is 5.91 Å². The fourth-order valence-corrected chi connectivity index (χ4v) is 1.70. The van der Waals surface area contributed by atoms with Crippen molar-refractivity contribution in [2.75, 3.05) is 25.1 Å². The van der Waals surface area contributed by atoms with Gasteiger partial charge in [-0.05, 0) is 6.92 Å². The van der Waals surface area contributed by atoms with Crippen molar-refractivity contribution in [3.63, 3.8) is 0 Å². The van der Waals surface area contributed by atoms with Gasteiger partial charge < -0.3 is 20.4 Å². The number of likely N-dealkylation sites (N-methyl/N-ethyl adjacent to an activating group) is 1. The smallest absolute Gasteiger partial charge is 0.244 e. The second-order valence-corrected chi connectivity index (χ2v) is 4.27. The molecule has 0 radical (unpaired) electrons. The van der Waals surface area contributed by atoms with Gasteiger partial charge in [-0.1, -0.05) is 0 Å². The van der Waals surface area contributed by atoms with Crippen molar-refractivity contribution in [3.05, 3.63) is 18.6 Å². The lowest BCUT2D eigenvalue weighted by Gasteiger charge is -2.18. The minimum atomic E-state index is -0.394. The molecule has 2 aromatic heterocycles. The molecule has 7 nitrogen and oxygen atoms in total. The first-order valence-electron chi connectivity index (χ1n) is 5.56. The minimum Gasteiger partial charge on any atom is -0.382 e. The third kappa shape index (κ3) is 2.20. The molecule has 1 unspecified atom stereocenters. The van der Waals surface area contributed by atoms with E-state index in [1.807, 2.05) is 0 Å². The summed E-state index contributed by atoms with van der Waals surface area (Å²) in [6, 6.07) is -0.394. The summed E-state index contributed by atoms with van der Waals surface area (Å²) in [6.45, 7) is 1.77. The molecular weight excluding hydrogens is 232 g/mol. The fraction of sp³-hybridized carbons (Fsp3) is 0.364. The van der Waals surface area contributed by atoms with Crippen molar-refractivity contribution >= 4 is 23.2 Å². The van der Waals surface area contributed by atoms with Gasteiger partial charge in [-0.15, -0.1) is 0 Å². The van der Waals surface area contributed by atoms with Gasteiger partial charge in [0, 0.05) is 26.5 Å². The van der Waals surface area contributed by atoms with Crippen LogP contribution in [0.5, 0.6) is 0 Å². The van der Waals surface area contributed by atoms with E-state index in [0.717, 1.165) is 0 Å². The highest BCUT2D eigenvalue weighted by molar-refractivity contribution is 5.84. The Balaban J connectivity index is 2.31. The second-order valence-electron chi connectivity index (χ2n) is 4.27. The van der Waals surface area contributed by atoms with Crippen LogP contribution in [0.2, 0.25) is 0 Å². The lowest BCUT2D eigenvalue weighted by molar-refractivity contribution is -0.129. The van der Waals surface area contributed by atoms with Gasteiger partial charge in [0.25, 0.3) is 0 Å². The molecule has 3 N–H and O–H groups in total. The lowest BCUT2D eigenvalue weighted by Crippen LogP contribution is -2.37. The molecule has 2 heterocycles. The van der Waals surface area contributed by atoms with Gasteiger partial charge >= 0.3 is 0 Å². The van der Waals surface area contributed by atoms with Crippen LogP contribution in [0.1, 0.15) is 6.92 Å². The monoisotopic (exact) mass is 248 g/mol. The summed E-state index contributed by atoms with van der Waals surface area (Å²) in [7, 11) is 3.41. The highest BCUT2D eigenvalue weighted by Crippen LogP contribution is 2.15. The number of aromatic nitrogens is 3. The zero-order chi connectivity index (χ0) is 13.3. The van der Waals surface area contributed by atoms with Crippen LogP contribution in [-0.2, 0) is 4.79 Å². The fourth-order valence-electron chi connectivity index (χ4n) is 1.70. The second kappa shape index (κ2) is 4.52. The normalized spacial score (nSPS) is 12.4. The highest BCUT2D eigenvalue weighted by Gasteiger charge is 2.17. The standard InChI is InChI=1S/C11H16N6O/c1-7(11(18)16(2)3)14-9-10-13-4-5-17(10)6-8(12)15-9/h4-7H,12H2,1-3H3,(H,14,15). The highest BCUT2D eigenvalue weighted by atomic mass is 16.2. The number of carbonyl (C=O) groups is 1. The maximum atomic E-state index is 11.8. The molecule has 2 aromatic rings. The average Bonchev–Trinajstić information content (AvgIpc) is 2.75. The predicted octanol–water partition coefficient (Wildman–Crippen LogP) is 0.200. The molecule has 2 rings (SSSR count). The van der Waals surface area contributed by atoms with E-state index < -0.39 is 6.04 Å². The van der Waals surface area contributed by atoms with Gasteiger partial charge in [0.15, 0.2) is 11.5 Å². The summed E-state index contributed by atoms with van der Waals surface area (Å²) in [5, 5.41) is 3.03. The van der Waals surface area contributed by atoms with Crippen LogP contribution >= 0.6 is 0 Å². The number of rotatable bonds is 3. The number of fused-ring (bicyclic) bond motifs is 1. The van der Waals surface area contributed by atoms with Gasteiger partial charge in [0.1, 0.15) is 11.9 Å². The van der Waals surface area contributed by atoms with Gasteiger partial charge in [-0.2, -0.15) is 0 Å². The zero-order valence-corrected chi connectivity index (χ0v) is 10.6. The summed E-state index contributed by atoms with van der Waals surface area (Å²) in [5.74, 6) is 0.833. The Morgan fingerprint density at radius 3 is 2.94 bits per heavy atom. The van der Waals surface area contributed by atoms with Crippen LogP contribution in [-0.4, -0.2) is 45.3 Å². The molecule has 0 saturated carbocycles. The Kier molecular flexibility index (Phi) is 3.05. The molecule has 1 amide bonds. The first-order chi connectivity index (χ1) is 8.49. The number of hydrogen-bond donors (Lipinski definition) is 2. The first kappa shape index (κ1) is 12.2. The Hall–Kier alpha value is -2.31. The van der Waals surface area contributed by atoms with E-state index in [1.54, 1.807) is 44.0 Å². The van der Waals surface area contributed by atoms with Crippen LogP contribution in [0.4, 0.5) is 11.6 Å². The Labute approximate surface area is 105 Å². The number of imidazole rings is 1. The Bertz CT molecular complexity index is 576. The SMILES string of the molecule is CC(Nc1nc(N)cn2ccnc12)C(=O)N(C)C. The number of amides is 1. The number of anilines is 2. The van der Waals surface area contributed by atoms with Crippen molar-refractivity contribution in [2.24, 2.45) is 0 Å². The van der Waals surface area contributed by atoms with Crippen molar-refractivity contribution in [2.45, 2.75) is 13.0 Å². The number of nitrogens with zero attached hydrogens (tertiary/aromatic N) is 4. The maximum Gasteiger partial charge on any atom is 0.244 e. The third-order valence-corrected chi connectivity index (χ3v) is 2.56. The van der Waals surface area contributed by atoms with Crippen LogP contribution in [0, 0.1) is 0 Å². The number of nitrogens with two attached hydrogens (primary N) is 1. The molecule has 0 fully saturated rings. The molecular formula is C11H16N6O. The topological polar surface area (TPSA) is 88.5 Å². The third-order valence-electron chi connectivity index (χ3n) is 2.56. The van der Waals surface area contributed by atoms with Crippen LogP contribution in [0.3, 0.4) is 0 Å². The van der Waals surface area contributed by atoms with E-state index in [0.29, 0.717) is 17.3 Å². The van der Waals surface area contributed by atoms with Gasteiger partial charge in [0.05, 0.1) is 6.20 Å². The molecule has 96 valence electrons. The summed E-state index contributed by atoms with van der Waals surface area (Å²) in [6.07, 6.45) is 5.10. The number of nitrogens with one attached hydrogen (secondary N) is 1. The summed E-state index contributed by atoms with van der Waals surface area (Å²) >= 11 is 0. The summed E-state index contributed by atoms with van der Waals surface area (Å²) in [4.78, 5) is 21.6. The molecule has 18 heavy (non-hydrogen) atoms. The van der Waals surface area contributed by atoms with Gasteiger partial charge in [-0.3, -0.25) is 4.79 Å². The van der Waals surface area contributed by atoms with Crippen LogP contribution in [0.25, 0.3) is 5.65 Å². The predicted molar refractivity (Wildman–Crippen MR) is 69.2 cm³/mol. The largest absolute Gasteiger partial charge is 0.382 e. The average molecular weight is 248 g/mol. The quantitative estimate of drug-likeness (QED) is 0.810. The van der Waals surface area contributed by atoms with E-state index in [1.165, 1.54) is 4.90 Å². The summed E-state index contributed by atoms with van der Waals surface area (Å²) in [5.41, 5.74) is 6.34. The molecule has 7 heteroatoms. The first-order valence-corrected chi connectivity index (χ1v) is 5.56. The molecule has 0 bridgehead atoms. The van der Waals surface area contributed by atoms with Crippen molar-refractivity contribution < 1.29 is 4.79 Å². The summed E-state index contributed by atoms with van der Waals surface area (Å²) < 4.78 is 1.76. The molecule has 0 aromatic carbocycles. The number of hydrogen-bond acceptors (Lipinski definition) is 5. The molecule has 0 aliphatic carbocycles. The molecule has 0 spiro atoms. The molecule has 0 aliphatic heterocycles. The van der Waals surface area contributed by atoms with Crippen molar-refractivity contribution in [1.82, 2.24) is 19.3 Å². The van der Waals surface area contributed by atoms with E-state index in [9.17, 15) is 4.79 Å². The van der Waals surface area contributed by atoms with Gasteiger partial charge in [-0.25, -0.2) is 9.97 Å². The van der Waals surface area contributed by atoms with E-state index in [4.69, 9.17) is 5.73 Å². The molecule has 1 atom stereocenters. The minimum absolute atomic E-state index is 0.0380. The van der Waals surface area contributed by atoms with E-state index >= 15 is 0 Å².